The summed E-state index contributed by atoms with van der Waals surface area (Å²) in [6.45, 7) is 6.26. The highest BCUT2D eigenvalue weighted by atomic mass is 127. The zero-order valence-corrected chi connectivity index (χ0v) is 19.3. The fourth-order valence-electron chi connectivity index (χ4n) is 3.41. The first-order valence-corrected chi connectivity index (χ1v) is 9.97. The SMILES string of the molecule is CN=C(NCCCOC1CCOCC1)NCCc1c[nH]c2cc(C)ccc12.I. The number of guanidine groups is 1. The largest absolute Gasteiger partial charge is 0.381 e. The third-order valence-electron chi connectivity index (χ3n) is 4.97. The molecule has 0 bridgehead atoms. The number of aliphatic imine (C=N–C) groups is 1. The number of hydrogen-bond donors (Lipinski definition) is 3. The fraction of sp³-hybridized carbons (Fsp3) is 0.571. The topological polar surface area (TPSA) is 70.7 Å². The average molecular weight is 500 g/mol. The summed E-state index contributed by atoms with van der Waals surface area (Å²) in [5, 5.41) is 8.05. The molecule has 156 valence electrons. The summed E-state index contributed by atoms with van der Waals surface area (Å²) in [6.07, 6.45) is 6.44. The van der Waals surface area contributed by atoms with Crippen LogP contribution < -0.4 is 10.6 Å². The number of ether oxygens (including phenoxy) is 2. The van der Waals surface area contributed by atoms with E-state index in [-0.39, 0.29) is 24.0 Å². The van der Waals surface area contributed by atoms with E-state index in [9.17, 15) is 0 Å². The Kier molecular flexibility index (Phi) is 10.1. The van der Waals surface area contributed by atoms with Gasteiger partial charge in [0.2, 0.25) is 0 Å². The first-order chi connectivity index (χ1) is 13.3. The summed E-state index contributed by atoms with van der Waals surface area (Å²) < 4.78 is 11.2. The predicted molar refractivity (Wildman–Crippen MR) is 126 cm³/mol. The van der Waals surface area contributed by atoms with Gasteiger partial charge in [-0.2, -0.15) is 0 Å². The van der Waals surface area contributed by atoms with Gasteiger partial charge in [0.05, 0.1) is 6.10 Å². The van der Waals surface area contributed by atoms with E-state index >= 15 is 0 Å². The molecule has 3 N–H and O–H groups in total. The van der Waals surface area contributed by atoms with E-state index in [1.807, 2.05) is 7.05 Å². The number of H-pyrrole nitrogens is 1. The third kappa shape index (κ3) is 6.93. The van der Waals surface area contributed by atoms with Gasteiger partial charge in [-0.1, -0.05) is 12.1 Å². The molecule has 0 aliphatic carbocycles. The highest BCUT2D eigenvalue weighted by Crippen LogP contribution is 2.19. The molecule has 1 aliphatic heterocycles. The van der Waals surface area contributed by atoms with Crippen LogP contribution in [0, 0.1) is 6.92 Å². The maximum absolute atomic E-state index is 5.89. The molecule has 0 unspecified atom stereocenters. The molecule has 2 heterocycles. The van der Waals surface area contributed by atoms with Crippen molar-refractivity contribution in [3.8, 4) is 0 Å². The van der Waals surface area contributed by atoms with Crippen LogP contribution in [0.3, 0.4) is 0 Å². The fourth-order valence-corrected chi connectivity index (χ4v) is 3.41. The van der Waals surface area contributed by atoms with Crippen LogP contribution in [-0.4, -0.2) is 57.0 Å². The number of rotatable bonds is 8. The molecule has 1 saturated heterocycles. The molecule has 2 aromatic rings. The van der Waals surface area contributed by atoms with E-state index in [0.29, 0.717) is 6.10 Å². The van der Waals surface area contributed by atoms with E-state index in [1.54, 1.807) is 0 Å². The lowest BCUT2D eigenvalue weighted by atomic mass is 10.1. The third-order valence-corrected chi connectivity index (χ3v) is 4.97. The van der Waals surface area contributed by atoms with Crippen LogP contribution in [0.4, 0.5) is 0 Å². The molecule has 0 radical (unpaired) electrons. The first kappa shape index (κ1) is 23.0. The minimum atomic E-state index is 0. The zero-order valence-electron chi connectivity index (χ0n) is 16.9. The average Bonchev–Trinajstić information content (AvgIpc) is 3.09. The molecule has 0 amide bonds. The van der Waals surface area contributed by atoms with Gasteiger partial charge in [0, 0.05) is 57.1 Å². The number of benzene rings is 1. The quantitative estimate of drug-likeness (QED) is 0.225. The minimum absolute atomic E-state index is 0. The molecule has 7 heteroatoms. The van der Waals surface area contributed by atoms with E-state index in [0.717, 1.165) is 64.6 Å². The maximum atomic E-state index is 5.89. The summed E-state index contributed by atoms with van der Waals surface area (Å²) in [7, 11) is 1.81. The minimum Gasteiger partial charge on any atom is -0.381 e. The Bertz CT molecular complexity index is 741. The Morgan fingerprint density at radius 2 is 2.04 bits per heavy atom. The predicted octanol–water partition coefficient (Wildman–Crippen LogP) is 3.39. The normalized spacial score (nSPS) is 15.4. The number of hydrogen-bond acceptors (Lipinski definition) is 3. The van der Waals surface area contributed by atoms with Crippen molar-refractivity contribution in [3.63, 3.8) is 0 Å². The van der Waals surface area contributed by atoms with Crippen LogP contribution >= 0.6 is 24.0 Å². The first-order valence-electron chi connectivity index (χ1n) is 9.97. The molecule has 1 aromatic heterocycles. The summed E-state index contributed by atoms with van der Waals surface area (Å²) in [5.74, 6) is 0.844. The van der Waals surface area contributed by atoms with Gasteiger partial charge in [-0.3, -0.25) is 4.99 Å². The second-order valence-electron chi connectivity index (χ2n) is 7.07. The monoisotopic (exact) mass is 500 g/mol. The highest BCUT2D eigenvalue weighted by Gasteiger charge is 2.13. The molecule has 0 spiro atoms. The maximum Gasteiger partial charge on any atom is 0.190 e. The summed E-state index contributed by atoms with van der Waals surface area (Å²) >= 11 is 0. The molecule has 28 heavy (non-hydrogen) atoms. The smallest absolute Gasteiger partial charge is 0.190 e. The van der Waals surface area contributed by atoms with Crippen molar-refractivity contribution >= 4 is 40.8 Å². The van der Waals surface area contributed by atoms with Crippen molar-refractivity contribution in [1.29, 1.82) is 0 Å². The summed E-state index contributed by atoms with van der Waals surface area (Å²) in [6, 6.07) is 6.55. The van der Waals surface area contributed by atoms with Crippen LogP contribution in [0.1, 0.15) is 30.4 Å². The standard InChI is InChI=1S/C21H32N4O2.HI/c1-16-4-5-19-17(15-25-20(19)14-16)6-10-24-21(22-2)23-9-3-11-27-18-7-12-26-13-8-18;/h4-5,14-15,18,25H,3,6-13H2,1-2H3,(H2,22,23,24);1H. The number of nitrogens with zero attached hydrogens (tertiary/aromatic N) is 1. The lowest BCUT2D eigenvalue weighted by Crippen LogP contribution is -2.39. The molecule has 0 atom stereocenters. The highest BCUT2D eigenvalue weighted by molar-refractivity contribution is 14.0. The van der Waals surface area contributed by atoms with Gasteiger partial charge in [-0.15, -0.1) is 24.0 Å². The zero-order chi connectivity index (χ0) is 18.9. The summed E-state index contributed by atoms with van der Waals surface area (Å²) in [5.41, 5.74) is 3.81. The van der Waals surface area contributed by atoms with Crippen molar-refractivity contribution in [3.05, 3.63) is 35.5 Å². The van der Waals surface area contributed by atoms with Gasteiger partial charge in [0.25, 0.3) is 0 Å². The summed E-state index contributed by atoms with van der Waals surface area (Å²) in [4.78, 5) is 7.66. The lowest BCUT2D eigenvalue weighted by Gasteiger charge is -2.22. The van der Waals surface area contributed by atoms with Gasteiger partial charge >= 0.3 is 0 Å². The van der Waals surface area contributed by atoms with Gasteiger partial charge in [0.1, 0.15) is 0 Å². The van der Waals surface area contributed by atoms with Crippen LogP contribution in [0.25, 0.3) is 10.9 Å². The second-order valence-corrected chi connectivity index (χ2v) is 7.07. The molecule has 1 aromatic carbocycles. The second kappa shape index (κ2) is 12.3. The molecule has 3 rings (SSSR count). The van der Waals surface area contributed by atoms with Crippen molar-refractivity contribution in [2.75, 3.05) is 40.0 Å². The Balaban J connectivity index is 0.00000280. The molecular formula is C21H33IN4O2. The van der Waals surface area contributed by atoms with Gasteiger partial charge in [-0.25, -0.2) is 0 Å². The molecule has 6 nitrogen and oxygen atoms in total. The van der Waals surface area contributed by atoms with E-state index < -0.39 is 0 Å². The van der Waals surface area contributed by atoms with Gasteiger partial charge in [-0.05, 0) is 49.8 Å². The molecule has 1 aliphatic rings. The number of halogens is 1. The van der Waals surface area contributed by atoms with E-state index in [4.69, 9.17) is 9.47 Å². The molecule has 0 saturated carbocycles. The van der Waals surface area contributed by atoms with Crippen molar-refractivity contribution < 1.29 is 9.47 Å². The van der Waals surface area contributed by atoms with Crippen LogP contribution in [0.2, 0.25) is 0 Å². The molecular weight excluding hydrogens is 467 g/mol. The Morgan fingerprint density at radius 1 is 1.25 bits per heavy atom. The van der Waals surface area contributed by atoms with E-state index in [2.05, 4.69) is 51.9 Å². The number of fused-ring (bicyclic) bond motifs is 1. The van der Waals surface area contributed by atoms with Crippen molar-refractivity contribution in [1.82, 2.24) is 15.6 Å². The Morgan fingerprint density at radius 3 is 2.82 bits per heavy atom. The lowest BCUT2D eigenvalue weighted by molar-refractivity contribution is -0.0320. The van der Waals surface area contributed by atoms with Crippen molar-refractivity contribution in [2.45, 2.75) is 38.7 Å². The van der Waals surface area contributed by atoms with Gasteiger partial charge < -0.3 is 25.1 Å². The number of aromatic amines is 1. The van der Waals surface area contributed by atoms with E-state index in [1.165, 1.54) is 22.0 Å². The Labute approximate surface area is 184 Å². The van der Waals surface area contributed by atoms with Crippen molar-refractivity contribution in [2.24, 2.45) is 4.99 Å². The number of aryl methyl sites for hydroxylation is 1. The van der Waals surface area contributed by atoms with Crippen LogP contribution in [-0.2, 0) is 15.9 Å². The van der Waals surface area contributed by atoms with Crippen LogP contribution in [0.15, 0.2) is 29.4 Å². The number of nitrogens with one attached hydrogen (secondary N) is 3. The van der Waals surface area contributed by atoms with Crippen LogP contribution in [0.5, 0.6) is 0 Å². The van der Waals surface area contributed by atoms with Gasteiger partial charge in [0.15, 0.2) is 5.96 Å². The molecule has 1 fully saturated rings. The number of aromatic nitrogens is 1. The Hall–Kier alpha value is -1.32.